The molecule has 0 radical (unpaired) electrons. The van der Waals surface area contributed by atoms with Crippen molar-refractivity contribution < 1.29 is 9.47 Å². The minimum atomic E-state index is 0.345. The third-order valence-electron chi connectivity index (χ3n) is 2.44. The van der Waals surface area contributed by atoms with Crippen LogP contribution >= 0.6 is 0 Å². The first-order valence-corrected chi connectivity index (χ1v) is 5.19. The fourth-order valence-electron chi connectivity index (χ4n) is 1.40. The maximum Gasteiger partial charge on any atom is 0.0808 e. The molecule has 0 saturated carbocycles. The molecule has 0 aromatic heterocycles. The van der Waals surface area contributed by atoms with Gasteiger partial charge in [0.2, 0.25) is 0 Å². The molecule has 1 fully saturated rings. The summed E-state index contributed by atoms with van der Waals surface area (Å²) < 4.78 is 11.1. The molecule has 1 saturated heterocycles. The second-order valence-corrected chi connectivity index (χ2v) is 3.72. The quantitative estimate of drug-likeness (QED) is 0.701. The van der Waals surface area contributed by atoms with Crippen LogP contribution in [-0.4, -0.2) is 39.0 Å². The summed E-state index contributed by atoms with van der Waals surface area (Å²) in [5.41, 5.74) is 0. The Kier molecular flexibility index (Phi) is 5.35. The Morgan fingerprint density at radius 2 is 2.38 bits per heavy atom. The van der Waals surface area contributed by atoms with Gasteiger partial charge >= 0.3 is 0 Å². The second-order valence-electron chi connectivity index (χ2n) is 3.72. The van der Waals surface area contributed by atoms with Gasteiger partial charge in [-0.25, -0.2) is 0 Å². The zero-order valence-electron chi connectivity index (χ0n) is 8.71. The van der Waals surface area contributed by atoms with Gasteiger partial charge in [0.25, 0.3) is 0 Å². The summed E-state index contributed by atoms with van der Waals surface area (Å²) in [7, 11) is 1.95. The summed E-state index contributed by atoms with van der Waals surface area (Å²) in [6.45, 7) is 4.56. The summed E-state index contributed by atoms with van der Waals surface area (Å²) in [5, 5.41) is 3.14. The summed E-state index contributed by atoms with van der Waals surface area (Å²) in [4.78, 5) is 0. The normalized spacial score (nSPS) is 25.8. The van der Waals surface area contributed by atoms with Crippen LogP contribution in [-0.2, 0) is 9.47 Å². The average Bonchev–Trinajstić information content (AvgIpc) is 2.19. The summed E-state index contributed by atoms with van der Waals surface area (Å²) in [5.74, 6) is 0. The maximum absolute atomic E-state index is 5.55. The molecule has 2 unspecified atom stereocenters. The molecular formula is C10H21NO2. The topological polar surface area (TPSA) is 30.5 Å². The van der Waals surface area contributed by atoms with Gasteiger partial charge in [0.05, 0.1) is 19.3 Å². The molecule has 2 atom stereocenters. The molecule has 1 rings (SSSR count). The first-order chi connectivity index (χ1) is 6.33. The number of likely N-dealkylation sites (N-methyl/N-ethyl adjacent to an activating group) is 1. The van der Waals surface area contributed by atoms with E-state index in [4.69, 9.17) is 9.47 Å². The zero-order chi connectivity index (χ0) is 9.52. The molecule has 3 nitrogen and oxygen atoms in total. The molecule has 13 heavy (non-hydrogen) atoms. The van der Waals surface area contributed by atoms with Gasteiger partial charge in [0.1, 0.15) is 0 Å². The maximum atomic E-state index is 5.55. The smallest absolute Gasteiger partial charge is 0.0808 e. The van der Waals surface area contributed by atoms with Crippen LogP contribution in [0.5, 0.6) is 0 Å². The molecule has 0 amide bonds. The molecule has 3 heteroatoms. The minimum absolute atomic E-state index is 0.345. The Hall–Kier alpha value is -0.120. The van der Waals surface area contributed by atoms with Crippen molar-refractivity contribution in [1.29, 1.82) is 0 Å². The Morgan fingerprint density at radius 1 is 1.54 bits per heavy atom. The van der Waals surface area contributed by atoms with Gasteiger partial charge in [-0.2, -0.15) is 0 Å². The predicted octanol–water partition coefficient (Wildman–Crippen LogP) is 1.18. The molecule has 0 bridgehead atoms. The molecule has 0 aromatic carbocycles. The minimum Gasteiger partial charge on any atom is -0.377 e. The Morgan fingerprint density at radius 3 is 3.00 bits per heavy atom. The lowest BCUT2D eigenvalue weighted by Crippen LogP contribution is -2.30. The van der Waals surface area contributed by atoms with Crippen LogP contribution in [0.15, 0.2) is 0 Å². The molecule has 1 aliphatic rings. The van der Waals surface area contributed by atoms with Crippen LogP contribution in [0.3, 0.4) is 0 Å². The van der Waals surface area contributed by atoms with Crippen LogP contribution in [0.25, 0.3) is 0 Å². The summed E-state index contributed by atoms with van der Waals surface area (Å²) in [6, 6.07) is 0.434. The van der Waals surface area contributed by atoms with E-state index in [0.29, 0.717) is 12.1 Å². The van der Waals surface area contributed by atoms with Crippen LogP contribution < -0.4 is 5.32 Å². The third-order valence-corrected chi connectivity index (χ3v) is 2.44. The van der Waals surface area contributed by atoms with Crippen LogP contribution in [0.2, 0.25) is 0 Å². The zero-order valence-corrected chi connectivity index (χ0v) is 8.71. The van der Waals surface area contributed by atoms with Gasteiger partial charge in [-0.1, -0.05) is 0 Å². The largest absolute Gasteiger partial charge is 0.377 e. The van der Waals surface area contributed by atoms with Crippen molar-refractivity contribution in [2.24, 2.45) is 0 Å². The highest BCUT2D eigenvalue weighted by molar-refractivity contribution is 4.63. The van der Waals surface area contributed by atoms with E-state index in [9.17, 15) is 0 Å². The highest BCUT2D eigenvalue weighted by atomic mass is 16.5. The van der Waals surface area contributed by atoms with Gasteiger partial charge in [-0.05, 0) is 33.2 Å². The molecular weight excluding hydrogens is 166 g/mol. The van der Waals surface area contributed by atoms with Crippen LogP contribution in [0.4, 0.5) is 0 Å². The fraction of sp³-hybridized carbons (Fsp3) is 1.00. The fourth-order valence-corrected chi connectivity index (χ4v) is 1.40. The van der Waals surface area contributed by atoms with Crippen molar-refractivity contribution in [1.82, 2.24) is 5.32 Å². The Balaban J connectivity index is 1.98. The number of hydrogen-bond acceptors (Lipinski definition) is 3. The van der Waals surface area contributed by atoms with Gasteiger partial charge in [-0.3, -0.25) is 0 Å². The van der Waals surface area contributed by atoms with Crippen LogP contribution in [0.1, 0.15) is 26.2 Å². The summed E-state index contributed by atoms with van der Waals surface area (Å²) >= 11 is 0. The lowest BCUT2D eigenvalue weighted by molar-refractivity contribution is -0.0431. The monoisotopic (exact) mass is 187 g/mol. The van der Waals surface area contributed by atoms with E-state index in [2.05, 4.69) is 12.2 Å². The average molecular weight is 187 g/mol. The predicted molar refractivity (Wildman–Crippen MR) is 52.9 cm³/mol. The first-order valence-electron chi connectivity index (χ1n) is 5.19. The van der Waals surface area contributed by atoms with Crippen molar-refractivity contribution in [3.8, 4) is 0 Å². The van der Waals surface area contributed by atoms with E-state index in [1.807, 2.05) is 7.05 Å². The van der Waals surface area contributed by atoms with E-state index in [1.54, 1.807) is 0 Å². The molecule has 0 spiro atoms. The number of nitrogens with one attached hydrogen (secondary N) is 1. The van der Waals surface area contributed by atoms with Crippen molar-refractivity contribution in [3.63, 3.8) is 0 Å². The lowest BCUT2D eigenvalue weighted by atomic mass is 10.1. The number of ether oxygens (including phenoxy) is 2. The number of rotatable bonds is 5. The molecule has 0 aliphatic carbocycles. The molecule has 1 heterocycles. The standard InChI is InChI=1S/C10H21NO2/c1-9(11-2)7-12-8-10-5-3-4-6-13-10/h9-11H,3-8H2,1-2H3. The molecule has 0 aromatic rings. The highest BCUT2D eigenvalue weighted by Gasteiger charge is 2.13. The van der Waals surface area contributed by atoms with Crippen LogP contribution in [0, 0.1) is 0 Å². The van der Waals surface area contributed by atoms with E-state index in [1.165, 1.54) is 12.8 Å². The van der Waals surface area contributed by atoms with Crippen molar-refractivity contribution >= 4 is 0 Å². The van der Waals surface area contributed by atoms with Gasteiger partial charge < -0.3 is 14.8 Å². The van der Waals surface area contributed by atoms with Crippen molar-refractivity contribution in [2.45, 2.75) is 38.3 Å². The number of hydrogen-bond donors (Lipinski definition) is 1. The van der Waals surface area contributed by atoms with E-state index >= 15 is 0 Å². The van der Waals surface area contributed by atoms with Crippen molar-refractivity contribution in [3.05, 3.63) is 0 Å². The van der Waals surface area contributed by atoms with Gasteiger partial charge in [-0.15, -0.1) is 0 Å². The molecule has 1 N–H and O–H groups in total. The van der Waals surface area contributed by atoms with E-state index in [-0.39, 0.29) is 0 Å². The summed E-state index contributed by atoms with van der Waals surface area (Å²) in [6.07, 6.45) is 4.00. The molecule has 1 aliphatic heterocycles. The highest BCUT2D eigenvalue weighted by Crippen LogP contribution is 2.12. The Labute approximate surface area is 80.8 Å². The SMILES string of the molecule is CNC(C)COCC1CCCCO1. The second kappa shape index (κ2) is 6.35. The van der Waals surface area contributed by atoms with E-state index in [0.717, 1.165) is 26.2 Å². The Bertz CT molecular complexity index is 124. The van der Waals surface area contributed by atoms with E-state index < -0.39 is 0 Å². The lowest BCUT2D eigenvalue weighted by Gasteiger charge is -2.23. The van der Waals surface area contributed by atoms with Gasteiger partial charge in [0, 0.05) is 12.6 Å². The van der Waals surface area contributed by atoms with Gasteiger partial charge in [0.15, 0.2) is 0 Å². The third kappa shape index (κ3) is 4.60. The van der Waals surface area contributed by atoms with Crippen molar-refractivity contribution in [2.75, 3.05) is 26.9 Å². The first kappa shape index (κ1) is 11.0. The molecule has 78 valence electrons.